The van der Waals surface area contributed by atoms with E-state index in [4.69, 9.17) is 0 Å². The Morgan fingerprint density at radius 2 is 1.92 bits per heavy atom. The number of nitrogens with one attached hydrogen (secondary N) is 1. The summed E-state index contributed by atoms with van der Waals surface area (Å²) in [6.45, 7) is 3.78. The molecule has 0 bridgehead atoms. The minimum absolute atomic E-state index is 0.0498. The summed E-state index contributed by atoms with van der Waals surface area (Å²) >= 11 is 0. The van der Waals surface area contributed by atoms with Gasteiger partial charge in [0, 0.05) is 19.1 Å². The summed E-state index contributed by atoms with van der Waals surface area (Å²) in [4.78, 5) is 26.8. The molecular formula is C19H26F2N2O3. The average molecular weight is 368 g/mol. The lowest BCUT2D eigenvalue weighted by molar-refractivity contribution is -0.127. The van der Waals surface area contributed by atoms with E-state index < -0.39 is 12.5 Å². The molecule has 0 saturated carbocycles. The highest BCUT2D eigenvalue weighted by molar-refractivity contribution is 5.97. The number of benzene rings is 1. The number of para-hydroxylation sites is 1. The molecule has 26 heavy (non-hydrogen) atoms. The van der Waals surface area contributed by atoms with Gasteiger partial charge in [-0.2, -0.15) is 8.78 Å². The standard InChI is InChI=1S/C19H26F2N2O3/c1-12(2)13(3)22-17(24)14-7-6-10-23(11-14)18(25)15-8-4-5-9-16(15)26-19(20)21/h4-5,8-9,12-14,19H,6-7,10-11H2,1-3H3,(H,22,24). The highest BCUT2D eigenvalue weighted by Gasteiger charge is 2.31. The minimum atomic E-state index is -3.00. The Balaban J connectivity index is 2.07. The van der Waals surface area contributed by atoms with E-state index in [1.165, 1.54) is 18.2 Å². The molecule has 5 nitrogen and oxygen atoms in total. The molecule has 1 aromatic rings. The fourth-order valence-electron chi connectivity index (χ4n) is 2.90. The van der Waals surface area contributed by atoms with Gasteiger partial charge < -0.3 is 15.0 Å². The molecule has 1 aliphatic rings. The number of carbonyl (C=O) groups excluding carboxylic acids is 2. The van der Waals surface area contributed by atoms with E-state index in [0.717, 1.165) is 0 Å². The zero-order valence-corrected chi connectivity index (χ0v) is 15.4. The van der Waals surface area contributed by atoms with Crippen LogP contribution in [0.2, 0.25) is 0 Å². The number of halogens is 2. The van der Waals surface area contributed by atoms with Crippen molar-refractivity contribution in [3.63, 3.8) is 0 Å². The summed E-state index contributed by atoms with van der Waals surface area (Å²) in [6.07, 6.45) is 1.40. The number of hydrogen-bond acceptors (Lipinski definition) is 3. The lowest BCUT2D eigenvalue weighted by Crippen LogP contribution is -2.48. The predicted octanol–water partition coefficient (Wildman–Crippen LogP) is 3.30. The van der Waals surface area contributed by atoms with Crippen LogP contribution < -0.4 is 10.1 Å². The third-order valence-electron chi connectivity index (χ3n) is 4.78. The van der Waals surface area contributed by atoms with E-state index >= 15 is 0 Å². The Morgan fingerprint density at radius 3 is 2.58 bits per heavy atom. The molecule has 1 heterocycles. The molecule has 0 radical (unpaired) electrons. The summed E-state index contributed by atoms with van der Waals surface area (Å²) in [7, 11) is 0. The van der Waals surface area contributed by atoms with Gasteiger partial charge in [-0.1, -0.05) is 26.0 Å². The Hall–Kier alpha value is -2.18. The van der Waals surface area contributed by atoms with E-state index in [-0.39, 0.29) is 35.7 Å². The molecule has 1 aromatic carbocycles. The van der Waals surface area contributed by atoms with Crippen molar-refractivity contribution in [2.24, 2.45) is 11.8 Å². The summed E-state index contributed by atoms with van der Waals surface area (Å²) in [5.41, 5.74) is 0.0874. The van der Waals surface area contributed by atoms with Gasteiger partial charge in [-0.15, -0.1) is 0 Å². The Bertz CT molecular complexity index is 637. The molecule has 7 heteroatoms. The maximum atomic E-state index is 12.8. The molecule has 1 saturated heterocycles. The Kier molecular flexibility index (Phi) is 6.94. The molecule has 2 amide bonds. The highest BCUT2D eigenvalue weighted by Crippen LogP contribution is 2.25. The Morgan fingerprint density at radius 1 is 1.23 bits per heavy atom. The van der Waals surface area contributed by atoms with Crippen molar-refractivity contribution < 1.29 is 23.1 Å². The molecule has 2 rings (SSSR count). The van der Waals surface area contributed by atoms with Gasteiger partial charge in [-0.25, -0.2) is 0 Å². The first-order valence-corrected chi connectivity index (χ1v) is 8.93. The monoisotopic (exact) mass is 368 g/mol. The number of carbonyl (C=O) groups is 2. The van der Waals surface area contributed by atoms with Gasteiger partial charge in [0.2, 0.25) is 5.91 Å². The molecule has 1 fully saturated rings. The normalized spacial score (nSPS) is 18.7. The van der Waals surface area contributed by atoms with Crippen molar-refractivity contribution in [2.75, 3.05) is 13.1 Å². The quantitative estimate of drug-likeness (QED) is 0.838. The molecule has 0 aromatic heterocycles. The second-order valence-electron chi connectivity index (χ2n) is 7.01. The third-order valence-corrected chi connectivity index (χ3v) is 4.78. The first kappa shape index (κ1) is 20.1. The lowest BCUT2D eigenvalue weighted by atomic mass is 9.95. The largest absolute Gasteiger partial charge is 0.434 e. The van der Waals surface area contributed by atoms with Gasteiger partial charge in [0.05, 0.1) is 11.5 Å². The SMILES string of the molecule is CC(C)C(C)NC(=O)C1CCCN(C(=O)c2ccccc2OC(F)F)C1. The fourth-order valence-corrected chi connectivity index (χ4v) is 2.90. The summed E-state index contributed by atoms with van der Waals surface area (Å²) in [6, 6.07) is 5.99. The van der Waals surface area contributed by atoms with Crippen molar-refractivity contribution in [1.82, 2.24) is 10.2 Å². The molecule has 1 N–H and O–H groups in total. The van der Waals surface area contributed by atoms with E-state index in [9.17, 15) is 18.4 Å². The van der Waals surface area contributed by atoms with Crippen LogP contribution in [0.3, 0.4) is 0 Å². The molecule has 0 spiro atoms. The van der Waals surface area contributed by atoms with Crippen LogP contribution in [-0.2, 0) is 4.79 Å². The van der Waals surface area contributed by atoms with Gasteiger partial charge in [0.25, 0.3) is 5.91 Å². The number of likely N-dealkylation sites (tertiary alicyclic amines) is 1. The smallest absolute Gasteiger partial charge is 0.387 e. The van der Waals surface area contributed by atoms with Gasteiger partial charge in [-0.3, -0.25) is 9.59 Å². The second kappa shape index (κ2) is 8.96. The van der Waals surface area contributed by atoms with Crippen LogP contribution in [0.5, 0.6) is 5.75 Å². The summed E-state index contributed by atoms with van der Waals surface area (Å²) in [5, 5.41) is 2.99. The van der Waals surface area contributed by atoms with Crippen LogP contribution in [0.15, 0.2) is 24.3 Å². The summed E-state index contributed by atoms with van der Waals surface area (Å²) < 4.78 is 29.6. The average Bonchev–Trinajstić information content (AvgIpc) is 2.61. The van der Waals surface area contributed by atoms with Crippen LogP contribution in [0, 0.1) is 11.8 Å². The zero-order valence-electron chi connectivity index (χ0n) is 15.4. The number of piperidine rings is 1. The van der Waals surface area contributed by atoms with Crippen LogP contribution in [0.4, 0.5) is 8.78 Å². The van der Waals surface area contributed by atoms with Gasteiger partial charge in [0.15, 0.2) is 0 Å². The molecule has 144 valence electrons. The molecule has 0 aliphatic carbocycles. The first-order chi connectivity index (χ1) is 12.3. The number of rotatable bonds is 6. The Labute approximate surface area is 152 Å². The van der Waals surface area contributed by atoms with Crippen LogP contribution >= 0.6 is 0 Å². The van der Waals surface area contributed by atoms with Gasteiger partial charge in [0.1, 0.15) is 5.75 Å². The van der Waals surface area contributed by atoms with E-state index in [1.54, 1.807) is 11.0 Å². The van der Waals surface area contributed by atoms with Crippen molar-refractivity contribution in [1.29, 1.82) is 0 Å². The maximum Gasteiger partial charge on any atom is 0.387 e. The van der Waals surface area contributed by atoms with Crippen LogP contribution in [0.25, 0.3) is 0 Å². The van der Waals surface area contributed by atoms with E-state index in [0.29, 0.717) is 25.3 Å². The molecule has 1 aliphatic heterocycles. The zero-order chi connectivity index (χ0) is 19.3. The van der Waals surface area contributed by atoms with Crippen molar-refractivity contribution in [3.8, 4) is 5.75 Å². The number of nitrogens with zero attached hydrogens (tertiary/aromatic N) is 1. The van der Waals surface area contributed by atoms with Crippen molar-refractivity contribution in [3.05, 3.63) is 29.8 Å². The molecule has 2 atom stereocenters. The third kappa shape index (κ3) is 5.16. The van der Waals surface area contributed by atoms with Crippen molar-refractivity contribution in [2.45, 2.75) is 46.3 Å². The number of alkyl halides is 2. The topological polar surface area (TPSA) is 58.6 Å². The van der Waals surface area contributed by atoms with Gasteiger partial charge in [-0.05, 0) is 37.8 Å². The molecule has 2 unspecified atom stereocenters. The second-order valence-corrected chi connectivity index (χ2v) is 7.01. The lowest BCUT2D eigenvalue weighted by Gasteiger charge is -2.33. The van der Waals surface area contributed by atoms with E-state index in [2.05, 4.69) is 10.1 Å². The summed E-state index contributed by atoms with van der Waals surface area (Å²) in [5.74, 6) is -0.584. The van der Waals surface area contributed by atoms with Gasteiger partial charge >= 0.3 is 6.61 Å². The van der Waals surface area contributed by atoms with Crippen LogP contribution in [-0.4, -0.2) is 42.5 Å². The molecular weight excluding hydrogens is 342 g/mol. The number of hydrogen-bond donors (Lipinski definition) is 1. The fraction of sp³-hybridized carbons (Fsp3) is 0.579. The number of amides is 2. The predicted molar refractivity (Wildman–Crippen MR) is 94.1 cm³/mol. The first-order valence-electron chi connectivity index (χ1n) is 8.93. The van der Waals surface area contributed by atoms with Crippen molar-refractivity contribution >= 4 is 11.8 Å². The van der Waals surface area contributed by atoms with E-state index in [1.807, 2.05) is 20.8 Å². The number of ether oxygens (including phenoxy) is 1. The van der Waals surface area contributed by atoms with Crippen LogP contribution in [0.1, 0.15) is 44.0 Å². The highest BCUT2D eigenvalue weighted by atomic mass is 19.3. The maximum absolute atomic E-state index is 12.8. The minimum Gasteiger partial charge on any atom is -0.434 e.